The van der Waals surface area contributed by atoms with Gasteiger partial charge in [-0.15, -0.1) is 0 Å². The van der Waals surface area contributed by atoms with Gasteiger partial charge in [0.2, 0.25) is 0 Å². The van der Waals surface area contributed by atoms with Gasteiger partial charge in [-0.1, -0.05) is 6.07 Å². The minimum absolute atomic E-state index is 0.0183. The van der Waals surface area contributed by atoms with E-state index in [1.165, 1.54) is 0 Å². The number of aromatic nitrogens is 1. The fourth-order valence-electron chi connectivity index (χ4n) is 3.26. The Bertz CT molecular complexity index is 899. The van der Waals surface area contributed by atoms with Crippen LogP contribution in [-0.4, -0.2) is 52.4 Å². The molecule has 0 bridgehead atoms. The molecule has 0 atom stereocenters. The maximum Gasteiger partial charge on any atom is 0.255 e. The molecule has 3 rings (SSSR count). The van der Waals surface area contributed by atoms with E-state index in [4.69, 9.17) is 5.26 Å². The largest absolute Gasteiger partial charge is 0.351 e. The van der Waals surface area contributed by atoms with Crippen molar-refractivity contribution in [2.24, 2.45) is 7.05 Å². The maximum atomic E-state index is 12.8. The average molecular weight is 350 g/mol. The van der Waals surface area contributed by atoms with E-state index in [9.17, 15) is 9.59 Å². The van der Waals surface area contributed by atoms with Gasteiger partial charge >= 0.3 is 0 Å². The number of nitriles is 1. The summed E-state index contributed by atoms with van der Waals surface area (Å²) >= 11 is 0. The fraction of sp³-hybridized carbons (Fsp3) is 0.350. The summed E-state index contributed by atoms with van der Waals surface area (Å²) in [5, 5.41) is 8.98. The van der Waals surface area contributed by atoms with Crippen molar-refractivity contribution in [2.45, 2.75) is 13.8 Å². The van der Waals surface area contributed by atoms with E-state index in [1.807, 2.05) is 31.5 Å². The second-order valence-corrected chi connectivity index (χ2v) is 6.62. The van der Waals surface area contributed by atoms with Crippen molar-refractivity contribution in [3.63, 3.8) is 0 Å². The van der Waals surface area contributed by atoms with Gasteiger partial charge in [0.15, 0.2) is 0 Å². The number of benzene rings is 1. The molecule has 2 aromatic rings. The highest BCUT2D eigenvalue weighted by Crippen LogP contribution is 2.17. The first-order valence-electron chi connectivity index (χ1n) is 8.64. The molecule has 0 radical (unpaired) electrons. The number of hydrogen-bond donors (Lipinski definition) is 0. The molecule has 26 heavy (non-hydrogen) atoms. The van der Waals surface area contributed by atoms with Crippen molar-refractivity contribution in [1.29, 1.82) is 5.26 Å². The lowest BCUT2D eigenvalue weighted by atomic mass is 10.1. The van der Waals surface area contributed by atoms with E-state index in [0.29, 0.717) is 37.3 Å². The summed E-state index contributed by atoms with van der Waals surface area (Å²) in [6.07, 6.45) is 0. The lowest BCUT2D eigenvalue weighted by Crippen LogP contribution is -2.50. The van der Waals surface area contributed by atoms with Gasteiger partial charge in [-0.25, -0.2) is 0 Å². The highest BCUT2D eigenvalue weighted by Gasteiger charge is 2.27. The SMILES string of the molecule is Cc1cc(C(=O)N2CCN(C(=O)c3cccc(C#N)c3)CC2)c(C)n1C. The first-order chi connectivity index (χ1) is 12.4. The molecule has 1 fully saturated rings. The number of nitrogens with zero attached hydrogens (tertiary/aromatic N) is 4. The third-order valence-electron chi connectivity index (χ3n) is 5.10. The summed E-state index contributed by atoms with van der Waals surface area (Å²) in [7, 11) is 1.95. The van der Waals surface area contributed by atoms with Crippen LogP contribution in [0.3, 0.4) is 0 Å². The molecule has 6 heteroatoms. The van der Waals surface area contributed by atoms with Crippen LogP contribution in [0.25, 0.3) is 0 Å². The Labute approximate surface area is 153 Å². The number of amides is 2. The highest BCUT2D eigenvalue weighted by molar-refractivity contribution is 5.97. The first-order valence-corrected chi connectivity index (χ1v) is 8.64. The molecule has 2 heterocycles. The normalized spacial score (nSPS) is 14.2. The average Bonchev–Trinajstić information content (AvgIpc) is 2.94. The van der Waals surface area contributed by atoms with Gasteiger partial charge in [0.25, 0.3) is 11.8 Å². The molecule has 0 saturated carbocycles. The molecule has 1 aromatic carbocycles. The van der Waals surface area contributed by atoms with Gasteiger partial charge in [0, 0.05) is 50.2 Å². The Hall–Kier alpha value is -3.07. The van der Waals surface area contributed by atoms with Crippen LogP contribution < -0.4 is 0 Å². The Kier molecular flexibility index (Phi) is 4.81. The van der Waals surface area contributed by atoms with Crippen LogP contribution in [-0.2, 0) is 7.05 Å². The molecule has 2 amide bonds. The Balaban J connectivity index is 1.67. The van der Waals surface area contributed by atoms with Gasteiger partial charge in [-0.05, 0) is 38.1 Å². The second kappa shape index (κ2) is 7.04. The molecule has 1 aliphatic rings. The molecule has 0 N–H and O–H groups in total. The van der Waals surface area contributed by atoms with Crippen LogP contribution in [0.1, 0.15) is 37.7 Å². The summed E-state index contributed by atoms with van der Waals surface area (Å²) in [6.45, 7) is 5.93. The molecule has 0 unspecified atom stereocenters. The summed E-state index contributed by atoms with van der Waals surface area (Å²) < 4.78 is 2.01. The van der Waals surface area contributed by atoms with E-state index in [0.717, 1.165) is 17.0 Å². The number of carbonyl (C=O) groups excluding carboxylic acids is 2. The van der Waals surface area contributed by atoms with Crippen LogP contribution in [0.15, 0.2) is 30.3 Å². The molecule has 0 spiro atoms. The zero-order valence-electron chi connectivity index (χ0n) is 15.3. The lowest BCUT2D eigenvalue weighted by Gasteiger charge is -2.35. The standard InChI is InChI=1S/C20H22N4O2/c1-14-11-18(15(2)22(14)3)20(26)24-9-7-23(8-10-24)19(25)17-6-4-5-16(12-17)13-21/h4-6,11-12H,7-10H2,1-3H3. The monoisotopic (exact) mass is 350 g/mol. The van der Waals surface area contributed by atoms with Crippen LogP contribution in [0.4, 0.5) is 0 Å². The lowest BCUT2D eigenvalue weighted by molar-refractivity contribution is 0.0535. The van der Waals surface area contributed by atoms with Gasteiger partial charge < -0.3 is 14.4 Å². The smallest absolute Gasteiger partial charge is 0.255 e. The molecule has 1 aromatic heterocycles. The van der Waals surface area contributed by atoms with E-state index >= 15 is 0 Å². The van der Waals surface area contributed by atoms with E-state index in [-0.39, 0.29) is 11.8 Å². The number of piperazine rings is 1. The molecular weight excluding hydrogens is 328 g/mol. The van der Waals surface area contributed by atoms with E-state index in [2.05, 4.69) is 6.07 Å². The summed E-state index contributed by atoms with van der Waals surface area (Å²) in [6, 6.07) is 10.7. The topological polar surface area (TPSA) is 69.3 Å². The van der Waals surface area contributed by atoms with Crippen LogP contribution in [0.5, 0.6) is 0 Å². The Morgan fingerprint density at radius 3 is 2.15 bits per heavy atom. The Morgan fingerprint density at radius 1 is 1.00 bits per heavy atom. The van der Waals surface area contributed by atoms with Gasteiger partial charge in [0.05, 0.1) is 17.2 Å². The minimum Gasteiger partial charge on any atom is -0.351 e. The van der Waals surface area contributed by atoms with Crippen LogP contribution >= 0.6 is 0 Å². The second-order valence-electron chi connectivity index (χ2n) is 6.62. The molecule has 134 valence electrons. The van der Waals surface area contributed by atoms with E-state index in [1.54, 1.807) is 34.1 Å². The predicted molar refractivity (Wildman–Crippen MR) is 97.9 cm³/mol. The van der Waals surface area contributed by atoms with Gasteiger partial charge in [-0.2, -0.15) is 5.26 Å². The summed E-state index contributed by atoms with van der Waals surface area (Å²) in [5.74, 6) is -0.0780. The molecular formula is C20H22N4O2. The molecule has 0 aliphatic carbocycles. The zero-order valence-corrected chi connectivity index (χ0v) is 15.3. The van der Waals surface area contributed by atoms with Crippen molar-refractivity contribution in [3.05, 3.63) is 58.4 Å². The predicted octanol–water partition coefficient (Wildman–Crippen LogP) is 2.11. The first kappa shape index (κ1) is 17.7. The van der Waals surface area contributed by atoms with Crippen LogP contribution in [0.2, 0.25) is 0 Å². The number of rotatable bonds is 2. The summed E-state index contributed by atoms with van der Waals surface area (Å²) in [5.41, 5.74) is 3.72. The fourth-order valence-corrected chi connectivity index (χ4v) is 3.26. The van der Waals surface area contributed by atoms with Crippen molar-refractivity contribution < 1.29 is 9.59 Å². The maximum absolute atomic E-state index is 12.8. The molecule has 1 saturated heterocycles. The van der Waals surface area contributed by atoms with E-state index < -0.39 is 0 Å². The number of hydrogen-bond acceptors (Lipinski definition) is 3. The van der Waals surface area contributed by atoms with Crippen molar-refractivity contribution in [2.75, 3.05) is 26.2 Å². The zero-order chi connectivity index (χ0) is 18.8. The summed E-state index contributed by atoms with van der Waals surface area (Å²) in [4.78, 5) is 29.0. The highest BCUT2D eigenvalue weighted by atomic mass is 16.2. The number of aryl methyl sites for hydroxylation is 1. The van der Waals surface area contributed by atoms with Crippen molar-refractivity contribution >= 4 is 11.8 Å². The minimum atomic E-state index is -0.0964. The third-order valence-corrected chi connectivity index (χ3v) is 5.10. The number of carbonyl (C=O) groups is 2. The molecule has 1 aliphatic heterocycles. The van der Waals surface area contributed by atoms with Gasteiger partial charge in [-0.3, -0.25) is 9.59 Å². The third kappa shape index (κ3) is 3.21. The van der Waals surface area contributed by atoms with Gasteiger partial charge in [0.1, 0.15) is 0 Å². The Morgan fingerprint density at radius 2 is 1.62 bits per heavy atom. The van der Waals surface area contributed by atoms with Crippen molar-refractivity contribution in [3.8, 4) is 6.07 Å². The van der Waals surface area contributed by atoms with Crippen molar-refractivity contribution in [1.82, 2.24) is 14.4 Å². The molecule has 6 nitrogen and oxygen atoms in total. The quantitative estimate of drug-likeness (QED) is 0.833. The van der Waals surface area contributed by atoms with Crippen LogP contribution in [0, 0.1) is 25.2 Å².